The quantitative estimate of drug-likeness (QED) is 0.816. The van der Waals surface area contributed by atoms with Crippen LogP contribution in [0, 0.1) is 0 Å². The molecule has 0 radical (unpaired) electrons. The van der Waals surface area contributed by atoms with Gasteiger partial charge in [-0.15, -0.1) is 0 Å². The number of benzene rings is 1. The van der Waals surface area contributed by atoms with E-state index in [9.17, 15) is 0 Å². The maximum atomic E-state index is 5.98. The van der Waals surface area contributed by atoms with Crippen LogP contribution in [-0.4, -0.2) is 6.54 Å². The van der Waals surface area contributed by atoms with Crippen LogP contribution in [0.2, 0.25) is 5.02 Å². The summed E-state index contributed by atoms with van der Waals surface area (Å²) in [5.41, 5.74) is 7.57. The van der Waals surface area contributed by atoms with Gasteiger partial charge in [0.2, 0.25) is 0 Å². The van der Waals surface area contributed by atoms with Crippen LogP contribution in [0.15, 0.2) is 24.3 Å². The van der Waals surface area contributed by atoms with Gasteiger partial charge in [-0.2, -0.15) is 0 Å². The predicted octanol–water partition coefficient (Wildman–Crippen LogP) is 3.50. The van der Waals surface area contributed by atoms with Gasteiger partial charge in [0.25, 0.3) is 0 Å². The fourth-order valence-electron chi connectivity index (χ4n) is 2.64. The van der Waals surface area contributed by atoms with Gasteiger partial charge >= 0.3 is 0 Å². The topological polar surface area (TPSA) is 26.0 Å². The Morgan fingerprint density at radius 3 is 2.20 bits per heavy atom. The predicted molar refractivity (Wildman–Crippen MR) is 65.3 cm³/mol. The lowest BCUT2D eigenvalue weighted by molar-refractivity contribution is 0.301. The second-order valence-electron chi connectivity index (χ2n) is 4.55. The van der Waals surface area contributed by atoms with Crippen molar-refractivity contribution in [3.05, 3.63) is 34.9 Å². The lowest BCUT2D eigenvalue weighted by Crippen LogP contribution is -2.37. The summed E-state index contributed by atoms with van der Waals surface area (Å²) in [6.45, 7) is 0.759. The summed E-state index contributed by atoms with van der Waals surface area (Å²) >= 11 is 5.91. The SMILES string of the molecule is NCC1(c2ccc(Cl)cc2)CCCCC1. The first-order valence-electron chi connectivity index (χ1n) is 5.73. The molecule has 0 unspecified atom stereocenters. The summed E-state index contributed by atoms with van der Waals surface area (Å²) in [6.07, 6.45) is 6.42. The van der Waals surface area contributed by atoms with E-state index in [4.69, 9.17) is 17.3 Å². The highest BCUT2D eigenvalue weighted by Crippen LogP contribution is 2.38. The molecule has 1 aromatic rings. The molecule has 1 saturated carbocycles. The normalized spacial score (nSPS) is 20.1. The third kappa shape index (κ3) is 2.19. The van der Waals surface area contributed by atoms with Crippen molar-refractivity contribution in [2.24, 2.45) is 5.73 Å². The average molecular weight is 224 g/mol. The molecule has 0 aromatic heterocycles. The van der Waals surface area contributed by atoms with Gasteiger partial charge in [0.1, 0.15) is 0 Å². The fourth-order valence-corrected chi connectivity index (χ4v) is 2.77. The van der Waals surface area contributed by atoms with Gasteiger partial charge in [0.15, 0.2) is 0 Å². The van der Waals surface area contributed by atoms with Gasteiger partial charge in [-0.1, -0.05) is 43.0 Å². The maximum Gasteiger partial charge on any atom is 0.0406 e. The molecular formula is C13H18ClN. The van der Waals surface area contributed by atoms with E-state index >= 15 is 0 Å². The highest BCUT2D eigenvalue weighted by Gasteiger charge is 2.32. The first kappa shape index (κ1) is 11.0. The van der Waals surface area contributed by atoms with Crippen LogP contribution < -0.4 is 5.73 Å². The highest BCUT2D eigenvalue weighted by molar-refractivity contribution is 6.30. The molecule has 1 fully saturated rings. The standard InChI is InChI=1S/C13H18ClN/c14-12-6-4-11(5-7-12)13(10-15)8-2-1-3-9-13/h4-7H,1-3,8-10,15H2. The van der Waals surface area contributed by atoms with Crippen LogP contribution in [0.25, 0.3) is 0 Å². The summed E-state index contributed by atoms with van der Waals surface area (Å²) in [5, 5.41) is 0.807. The van der Waals surface area contributed by atoms with E-state index in [1.165, 1.54) is 37.7 Å². The molecule has 15 heavy (non-hydrogen) atoms. The first-order chi connectivity index (χ1) is 7.27. The monoisotopic (exact) mass is 223 g/mol. The number of rotatable bonds is 2. The number of hydrogen-bond donors (Lipinski definition) is 1. The molecule has 1 aromatic carbocycles. The van der Waals surface area contributed by atoms with Crippen LogP contribution >= 0.6 is 11.6 Å². The summed E-state index contributed by atoms with van der Waals surface area (Å²) < 4.78 is 0. The van der Waals surface area contributed by atoms with Crippen LogP contribution in [0.4, 0.5) is 0 Å². The third-order valence-corrected chi connectivity index (χ3v) is 3.91. The van der Waals surface area contributed by atoms with Gasteiger partial charge < -0.3 is 5.73 Å². The average Bonchev–Trinajstić information content (AvgIpc) is 2.31. The molecule has 0 aliphatic heterocycles. The van der Waals surface area contributed by atoms with Crippen molar-refractivity contribution in [3.8, 4) is 0 Å². The Morgan fingerprint density at radius 2 is 1.67 bits per heavy atom. The molecule has 0 saturated heterocycles. The van der Waals surface area contributed by atoms with Crippen molar-refractivity contribution >= 4 is 11.6 Å². The van der Waals surface area contributed by atoms with Crippen LogP contribution in [0.1, 0.15) is 37.7 Å². The zero-order valence-electron chi connectivity index (χ0n) is 9.01. The van der Waals surface area contributed by atoms with Gasteiger partial charge in [-0.3, -0.25) is 0 Å². The lowest BCUT2D eigenvalue weighted by Gasteiger charge is -2.36. The minimum Gasteiger partial charge on any atom is -0.330 e. The van der Waals surface area contributed by atoms with Crippen molar-refractivity contribution in [1.82, 2.24) is 0 Å². The molecule has 82 valence electrons. The molecule has 0 spiro atoms. The minimum atomic E-state index is 0.225. The summed E-state index contributed by atoms with van der Waals surface area (Å²) in [7, 11) is 0. The molecule has 1 nitrogen and oxygen atoms in total. The zero-order valence-corrected chi connectivity index (χ0v) is 9.76. The Balaban J connectivity index is 2.28. The molecule has 2 heteroatoms. The second-order valence-corrected chi connectivity index (χ2v) is 4.99. The van der Waals surface area contributed by atoms with Gasteiger partial charge in [0.05, 0.1) is 0 Å². The number of nitrogens with two attached hydrogens (primary N) is 1. The Bertz CT molecular complexity index is 312. The molecule has 2 N–H and O–H groups in total. The molecule has 2 rings (SSSR count). The summed E-state index contributed by atoms with van der Waals surface area (Å²) in [5.74, 6) is 0. The first-order valence-corrected chi connectivity index (χ1v) is 6.11. The van der Waals surface area contributed by atoms with E-state index < -0.39 is 0 Å². The van der Waals surface area contributed by atoms with E-state index in [1.807, 2.05) is 12.1 Å². The number of hydrogen-bond acceptors (Lipinski definition) is 1. The molecule has 0 bridgehead atoms. The molecule has 1 aliphatic rings. The molecule has 0 heterocycles. The number of halogens is 1. The Labute approximate surface area is 96.6 Å². The largest absolute Gasteiger partial charge is 0.330 e. The molecule has 0 atom stereocenters. The van der Waals surface area contributed by atoms with Crippen molar-refractivity contribution < 1.29 is 0 Å². The Hall–Kier alpha value is -0.530. The van der Waals surface area contributed by atoms with E-state index in [0.29, 0.717) is 0 Å². The van der Waals surface area contributed by atoms with Gasteiger partial charge in [0, 0.05) is 17.0 Å². The van der Waals surface area contributed by atoms with Crippen molar-refractivity contribution in [1.29, 1.82) is 0 Å². The smallest absolute Gasteiger partial charge is 0.0406 e. The van der Waals surface area contributed by atoms with E-state index in [1.54, 1.807) is 0 Å². The van der Waals surface area contributed by atoms with Gasteiger partial charge in [-0.25, -0.2) is 0 Å². The second kappa shape index (κ2) is 4.54. The third-order valence-electron chi connectivity index (χ3n) is 3.66. The Morgan fingerprint density at radius 1 is 1.07 bits per heavy atom. The van der Waals surface area contributed by atoms with Crippen molar-refractivity contribution in [2.75, 3.05) is 6.54 Å². The fraction of sp³-hybridized carbons (Fsp3) is 0.538. The molecular weight excluding hydrogens is 206 g/mol. The zero-order chi connectivity index (χ0) is 10.7. The van der Waals surface area contributed by atoms with Gasteiger partial charge in [-0.05, 0) is 30.5 Å². The van der Waals surface area contributed by atoms with Crippen LogP contribution in [0.3, 0.4) is 0 Å². The molecule has 0 amide bonds. The summed E-state index contributed by atoms with van der Waals surface area (Å²) in [6, 6.07) is 8.23. The van der Waals surface area contributed by atoms with Crippen molar-refractivity contribution in [3.63, 3.8) is 0 Å². The Kier molecular flexibility index (Phi) is 3.32. The van der Waals surface area contributed by atoms with E-state index in [2.05, 4.69) is 12.1 Å². The van der Waals surface area contributed by atoms with Crippen LogP contribution in [0.5, 0.6) is 0 Å². The highest BCUT2D eigenvalue weighted by atomic mass is 35.5. The maximum absolute atomic E-state index is 5.98. The lowest BCUT2D eigenvalue weighted by atomic mass is 9.69. The van der Waals surface area contributed by atoms with Crippen LogP contribution in [-0.2, 0) is 5.41 Å². The van der Waals surface area contributed by atoms with E-state index in [-0.39, 0.29) is 5.41 Å². The molecule has 1 aliphatic carbocycles. The summed E-state index contributed by atoms with van der Waals surface area (Å²) in [4.78, 5) is 0. The minimum absolute atomic E-state index is 0.225. The van der Waals surface area contributed by atoms with E-state index in [0.717, 1.165) is 11.6 Å². The van der Waals surface area contributed by atoms with Crippen molar-refractivity contribution in [2.45, 2.75) is 37.5 Å².